The van der Waals surface area contributed by atoms with E-state index in [2.05, 4.69) is 4.98 Å². The van der Waals surface area contributed by atoms with Gasteiger partial charge in [-0.05, 0) is 12.1 Å². The molecule has 2 amide bonds. The van der Waals surface area contributed by atoms with Crippen LogP contribution in [0.4, 0.5) is 10.6 Å². The lowest BCUT2D eigenvalue weighted by molar-refractivity contribution is 0.0948. The molecule has 0 radical (unpaired) electrons. The average Bonchev–Trinajstić information content (AvgIpc) is 2.04. The molecule has 0 saturated heterocycles. The number of rotatable bonds is 1. The molecule has 0 fully saturated rings. The van der Waals surface area contributed by atoms with E-state index in [0.717, 1.165) is 0 Å². The zero-order valence-electron chi connectivity index (χ0n) is 6.52. The first-order valence-electron chi connectivity index (χ1n) is 3.35. The van der Waals surface area contributed by atoms with Gasteiger partial charge in [-0.15, -0.1) is 0 Å². The molecule has 0 aromatic carbocycles. The molecular formula is C7H7N3O3. The Kier molecular flexibility index (Phi) is 2.44. The van der Waals surface area contributed by atoms with E-state index in [-0.39, 0.29) is 11.4 Å². The summed E-state index contributed by atoms with van der Waals surface area (Å²) >= 11 is 0. The average molecular weight is 181 g/mol. The summed E-state index contributed by atoms with van der Waals surface area (Å²) in [6.07, 6.45) is -0.199. The number of nitrogens with two attached hydrogens (primary N) is 1. The number of pyridine rings is 1. The molecule has 1 aromatic rings. The molecule has 1 heterocycles. The van der Waals surface area contributed by atoms with Crippen LogP contribution in [0.15, 0.2) is 18.3 Å². The van der Waals surface area contributed by atoms with Crippen LogP contribution >= 0.6 is 0 Å². The van der Waals surface area contributed by atoms with E-state index in [1.165, 1.54) is 18.3 Å². The molecule has 0 bridgehead atoms. The van der Waals surface area contributed by atoms with E-state index in [9.17, 15) is 9.59 Å². The Hall–Kier alpha value is -2.11. The third-order valence-electron chi connectivity index (χ3n) is 1.27. The number of nitrogens with zero attached hydrogens (tertiary/aromatic N) is 1. The maximum Gasteiger partial charge on any atom is 0.411 e. The molecule has 0 aliphatic heterocycles. The summed E-state index contributed by atoms with van der Waals surface area (Å²) in [7, 11) is 0. The van der Waals surface area contributed by atoms with Crippen LogP contribution in [-0.2, 0) is 0 Å². The number of carbonyl (C=O) groups excluding carboxylic acids is 1. The molecule has 0 unspecified atom stereocenters. The van der Waals surface area contributed by atoms with Crippen molar-refractivity contribution in [2.45, 2.75) is 0 Å². The molecule has 0 saturated carbocycles. The highest BCUT2D eigenvalue weighted by atomic mass is 16.4. The topological polar surface area (TPSA) is 105 Å². The summed E-state index contributed by atoms with van der Waals surface area (Å²) in [6, 6.07) is 2.80. The van der Waals surface area contributed by atoms with Crippen molar-refractivity contribution in [1.29, 1.82) is 0 Å². The zero-order chi connectivity index (χ0) is 9.84. The van der Waals surface area contributed by atoms with E-state index < -0.39 is 12.0 Å². The molecule has 13 heavy (non-hydrogen) atoms. The summed E-state index contributed by atoms with van der Waals surface area (Å²) < 4.78 is 0. The number of carboxylic acid groups (broad SMARTS) is 1. The van der Waals surface area contributed by atoms with Crippen molar-refractivity contribution >= 4 is 17.8 Å². The van der Waals surface area contributed by atoms with Gasteiger partial charge in [-0.25, -0.2) is 9.78 Å². The Morgan fingerprint density at radius 2 is 2.15 bits per heavy atom. The predicted molar refractivity (Wildman–Crippen MR) is 44.1 cm³/mol. The summed E-state index contributed by atoms with van der Waals surface area (Å²) in [6.45, 7) is 0. The molecule has 1 rings (SSSR count). The minimum atomic E-state index is -1.40. The van der Waals surface area contributed by atoms with Gasteiger partial charge in [0, 0.05) is 6.20 Å². The normalized spacial score (nSPS) is 9.23. The van der Waals surface area contributed by atoms with Crippen LogP contribution in [0.25, 0.3) is 0 Å². The second-order valence-electron chi connectivity index (χ2n) is 2.23. The summed E-state index contributed by atoms with van der Waals surface area (Å²) in [4.78, 5) is 24.7. The van der Waals surface area contributed by atoms with E-state index in [0.29, 0.717) is 0 Å². The van der Waals surface area contributed by atoms with E-state index in [4.69, 9.17) is 10.8 Å². The highest BCUT2D eigenvalue weighted by Gasteiger charge is 2.08. The van der Waals surface area contributed by atoms with Crippen molar-refractivity contribution in [3.8, 4) is 0 Å². The van der Waals surface area contributed by atoms with Gasteiger partial charge in [-0.2, -0.15) is 0 Å². The molecule has 0 atom stereocenters. The van der Waals surface area contributed by atoms with Crippen LogP contribution in [-0.4, -0.2) is 22.1 Å². The second kappa shape index (κ2) is 3.53. The predicted octanol–water partition coefficient (Wildman–Crippen LogP) is 0.0716. The number of hydrogen-bond acceptors (Lipinski definition) is 4. The van der Waals surface area contributed by atoms with Gasteiger partial charge >= 0.3 is 6.09 Å². The maximum absolute atomic E-state index is 11.0. The number of imide groups is 1. The number of anilines is 1. The third kappa shape index (κ3) is 2.44. The quantitative estimate of drug-likeness (QED) is 0.568. The maximum atomic E-state index is 11.0. The van der Waals surface area contributed by atoms with Crippen molar-refractivity contribution in [3.05, 3.63) is 23.9 Å². The van der Waals surface area contributed by atoms with E-state index in [1.54, 1.807) is 5.32 Å². The Bertz CT molecular complexity index is 333. The molecule has 0 spiro atoms. The number of nitrogens with one attached hydrogen (secondary N) is 1. The van der Waals surface area contributed by atoms with E-state index >= 15 is 0 Å². The van der Waals surface area contributed by atoms with Crippen LogP contribution in [0.2, 0.25) is 0 Å². The monoisotopic (exact) mass is 181 g/mol. The fraction of sp³-hybridized carbons (Fsp3) is 0. The second-order valence-corrected chi connectivity index (χ2v) is 2.23. The van der Waals surface area contributed by atoms with Crippen LogP contribution in [0, 0.1) is 0 Å². The summed E-state index contributed by atoms with van der Waals surface area (Å²) in [5, 5.41) is 9.90. The SMILES string of the molecule is Nc1ccc(C(=O)NC(=O)O)cn1. The smallest absolute Gasteiger partial charge is 0.411 e. The Labute approximate surface area is 73.4 Å². The van der Waals surface area contributed by atoms with Gasteiger partial charge in [-0.1, -0.05) is 0 Å². The Balaban J connectivity index is 2.78. The summed E-state index contributed by atoms with van der Waals surface area (Å²) in [5.74, 6) is -0.452. The van der Waals surface area contributed by atoms with Crippen molar-refractivity contribution < 1.29 is 14.7 Å². The van der Waals surface area contributed by atoms with Crippen LogP contribution in [0.5, 0.6) is 0 Å². The lowest BCUT2D eigenvalue weighted by Crippen LogP contribution is -2.28. The molecule has 1 aromatic heterocycles. The number of hydrogen-bond donors (Lipinski definition) is 3. The first kappa shape index (κ1) is 8.98. The van der Waals surface area contributed by atoms with Crippen LogP contribution in [0.1, 0.15) is 10.4 Å². The number of amides is 2. The van der Waals surface area contributed by atoms with Crippen molar-refractivity contribution in [3.63, 3.8) is 0 Å². The first-order chi connectivity index (χ1) is 6.09. The number of nitrogen functional groups attached to an aromatic ring is 1. The fourth-order valence-corrected chi connectivity index (χ4v) is 0.709. The molecular weight excluding hydrogens is 174 g/mol. The Morgan fingerprint density at radius 3 is 2.62 bits per heavy atom. The number of carbonyl (C=O) groups is 2. The lowest BCUT2D eigenvalue weighted by Gasteiger charge is -1.98. The molecule has 4 N–H and O–H groups in total. The Morgan fingerprint density at radius 1 is 1.46 bits per heavy atom. The minimum Gasteiger partial charge on any atom is -0.465 e. The van der Waals surface area contributed by atoms with Gasteiger partial charge in [0.15, 0.2) is 0 Å². The largest absolute Gasteiger partial charge is 0.465 e. The molecule has 68 valence electrons. The lowest BCUT2D eigenvalue weighted by atomic mass is 10.2. The van der Waals surface area contributed by atoms with Crippen molar-refractivity contribution in [2.24, 2.45) is 0 Å². The summed E-state index contributed by atoms with van der Waals surface area (Å²) in [5.41, 5.74) is 5.42. The highest BCUT2D eigenvalue weighted by Crippen LogP contribution is 2.00. The first-order valence-corrected chi connectivity index (χ1v) is 3.35. The van der Waals surface area contributed by atoms with Gasteiger partial charge in [0.2, 0.25) is 0 Å². The molecule has 6 nitrogen and oxygen atoms in total. The van der Waals surface area contributed by atoms with Gasteiger partial charge in [0.05, 0.1) is 5.56 Å². The highest BCUT2D eigenvalue weighted by molar-refractivity contribution is 6.02. The van der Waals surface area contributed by atoms with Crippen LogP contribution < -0.4 is 11.1 Å². The molecule has 0 aliphatic carbocycles. The van der Waals surface area contributed by atoms with Gasteiger partial charge in [0.1, 0.15) is 5.82 Å². The van der Waals surface area contributed by atoms with Gasteiger partial charge in [-0.3, -0.25) is 10.1 Å². The van der Waals surface area contributed by atoms with Gasteiger partial charge in [0.25, 0.3) is 5.91 Å². The van der Waals surface area contributed by atoms with Gasteiger partial charge < -0.3 is 10.8 Å². The zero-order valence-corrected chi connectivity index (χ0v) is 6.52. The van der Waals surface area contributed by atoms with Crippen molar-refractivity contribution in [2.75, 3.05) is 5.73 Å². The minimum absolute atomic E-state index is 0.150. The standard InChI is InChI=1S/C7H7N3O3/c8-5-2-1-4(3-9-5)6(11)10-7(12)13/h1-3H,(H2,8,9)(H,10,11)(H,12,13). The van der Waals surface area contributed by atoms with Crippen LogP contribution in [0.3, 0.4) is 0 Å². The van der Waals surface area contributed by atoms with Crippen molar-refractivity contribution in [1.82, 2.24) is 10.3 Å². The van der Waals surface area contributed by atoms with E-state index in [1.807, 2.05) is 0 Å². The third-order valence-corrected chi connectivity index (χ3v) is 1.27. The fourth-order valence-electron chi connectivity index (χ4n) is 0.709. The molecule has 6 heteroatoms. The molecule has 0 aliphatic rings. The number of aromatic nitrogens is 1.